The lowest BCUT2D eigenvalue weighted by Gasteiger charge is -2.35. The average Bonchev–Trinajstić information content (AvgIpc) is 2.87. The number of benzene rings is 2. The van der Waals surface area contributed by atoms with E-state index in [1.807, 2.05) is 69.3 Å². The molecule has 2 aromatic rings. The molecule has 9 heteroatoms. The number of alkyl carbamates (subject to hydrolysis) is 1. The molecule has 0 saturated carbocycles. The Balaban J connectivity index is 2.54. The van der Waals surface area contributed by atoms with Crippen molar-refractivity contribution in [2.24, 2.45) is 5.73 Å². The van der Waals surface area contributed by atoms with Gasteiger partial charge in [-0.05, 0) is 63.3 Å². The molecular formula is C31H44N4O5. The molecule has 0 aliphatic heterocycles. The van der Waals surface area contributed by atoms with Gasteiger partial charge < -0.3 is 26.0 Å². The van der Waals surface area contributed by atoms with Crippen molar-refractivity contribution < 1.29 is 23.9 Å². The highest BCUT2D eigenvalue weighted by Crippen LogP contribution is 2.28. The van der Waals surface area contributed by atoms with E-state index in [9.17, 15) is 19.2 Å². The predicted octanol–water partition coefficient (Wildman–Crippen LogP) is 4.45. The Bertz CT molecular complexity index is 1160. The summed E-state index contributed by atoms with van der Waals surface area (Å²) < 4.78 is 5.34. The molecule has 0 bridgehead atoms. The van der Waals surface area contributed by atoms with Gasteiger partial charge in [0.1, 0.15) is 17.7 Å². The van der Waals surface area contributed by atoms with Gasteiger partial charge in [-0.2, -0.15) is 0 Å². The van der Waals surface area contributed by atoms with E-state index in [2.05, 4.69) is 10.6 Å². The van der Waals surface area contributed by atoms with Crippen LogP contribution in [0.5, 0.6) is 0 Å². The minimum absolute atomic E-state index is 0.245. The number of nitrogens with zero attached hydrogens (tertiary/aromatic N) is 1. The number of unbranched alkanes of at least 4 members (excludes halogenated alkanes) is 2. The van der Waals surface area contributed by atoms with Crippen molar-refractivity contribution in [3.63, 3.8) is 0 Å². The standard InChI is InChI=1S/C31H44N4O5/c1-7-8-12-18-35(29(38)25(19-26(32)36)34-30(39)40-31(4,5)6)27(24-17-13-14-21(2)22(24)3)28(37)33-20-23-15-10-9-11-16-23/h9-11,13-17,25,27H,7-8,12,18-20H2,1-6H3,(H2,32,36)(H,33,37)(H,34,39). The highest BCUT2D eigenvalue weighted by atomic mass is 16.6. The average molecular weight is 553 g/mol. The Morgan fingerprint density at radius 1 is 0.975 bits per heavy atom. The zero-order valence-electron chi connectivity index (χ0n) is 24.6. The van der Waals surface area contributed by atoms with Crippen molar-refractivity contribution in [2.75, 3.05) is 6.54 Å². The third-order valence-electron chi connectivity index (χ3n) is 6.49. The Morgan fingerprint density at radius 3 is 2.25 bits per heavy atom. The minimum Gasteiger partial charge on any atom is -0.444 e. The molecule has 0 fully saturated rings. The number of ether oxygens (including phenoxy) is 1. The van der Waals surface area contributed by atoms with E-state index in [4.69, 9.17) is 10.5 Å². The van der Waals surface area contributed by atoms with Crippen LogP contribution in [0.1, 0.15) is 81.7 Å². The van der Waals surface area contributed by atoms with Crippen LogP contribution in [-0.4, -0.2) is 46.9 Å². The summed E-state index contributed by atoms with van der Waals surface area (Å²) in [6, 6.07) is 12.8. The van der Waals surface area contributed by atoms with Gasteiger partial charge in [-0.3, -0.25) is 14.4 Å². The van der Waals surface area contributed by atoms with Gasteiger partial charge in [0.05, 0.1) is 6.42 Å². The van der Waals surface area contributed by atoms with Crippen LogP contribution in [-0.2, 0) is 25.7 Å². The SMILES string of the molecule is CCCCCN(C(=O)C(CC(N)=O)NC(=O)OC(C)(C)C)C(C(=O)NCc1ccccc1)c1cccc(C)c1C. The number of primary amides is 1. The largest absolute Gasteiger partial charge is 0.444 e. The molecule has 0 aliphatic carbocycles. The number of hydrogen-bond donors (Lipinski definition) is 3. The molecule has 4 N–H and O–H groups in total. The molecule has 218 valence electrons. The number of amides is 4. The topological polar surface area (TPSA) is 131 Å². The Hall–Kier alpha value is -3.88. The Morgan fingerprint density at radius 2 is 1.65 bits per heavy atom. The van der Waals surface area contributed by atoms with Crippen LogP contribution in [0.15, 0.2) is 48.5 Å². The first kappa shape index (κ1) is 32.3. The van der Waals surface area contributed by atoms with Crippen LogP contribution in [0.2, 0.25) is 0 Å². The molecule has 0 aliphatic rings. The van der Waals surface area contributed by atoms with Crippen molar-refractivity contribution >= 4 is 23.8 Å². The molecule has 2 rings (SSSR count). The van der Waals surface area contributed by atoms with Gasteiger partial charge in [0.15, 0.2) is 0 Å². The first-order valence-electron chi connectivity index (χ1n) is 13.8. The minimum atomic E-state index is -1.30. The molecule has 2 aromatic carbocycles. The van der Waals surface area contributed by atoms with Crippen molar-refractivity contribution in [3.8, 4) is 0 Å². The molecule has 40 heavy (non-hydrogen) atoms. The monoisotopic (exact) mass is 552 g/mol. The maximum absolute atomic E-state index is 14.1. The third-order valence-corrected chi connectivity index (χ3v) is 6.49. The summed E-state index contributed by atoms with van der Waals surface area (Å²) in [5, 5.41) is 5.50. The molecule has 0 aromatic heterocycles. The van der Waals surface area contributed by atoms with E-state index in [1.165, 1.54) is 4.90 Å². The summed E-state index contributed by atoms with van der Waals surface area (Å²) in [4.78, 5) is 54.1. The molecule has 2 unspecified atom stereocenters. The molecule has 2 atom stereocenters. The molecule has 0 radical (unpaired) electrons. The van der Waals surface area contributed by atoms with Gasteiger partial charge in [0.2, 0.25) is 17.7 Å². The van der Waals surface area contributed by atoms with Gasteiger partial charge in [-0.1, -0.05) is 68.3 Å². The van der Waals surface area contributed by atoms with E-state index in [-0.39, 0.29) is 19.0 Å². The zero-order valence-corrected chi connectivity index (χ0v) is 24.6. The first-order chi connectivity index (χ1) is 18.8. The van der Waals surface area contributed by atoms with Crippen molar-refractivity contribution in [2.45, 2.75) is 91.5 Å². The highest BCUT2D eigenvalue weighted by Gasteiger charge is 2.37. The fourth-order valence-electron chi connectivity index (χ4n) is 4.35. The molecule has 0 heterocycles. The number of carbonyl (C=O) groups excluding carboxylic acids is 4. The van der Waals surface area contributed by atoms with Gasteiger partial charge in [0.25, 0.3) is 0 Å². The van der Waals surface area contributed by atoms with E-state index in [0.717, 1.165) is 29.5 Å². The van der Waals surface area contributed by atoms with Crippen LogP contribution in [0.4, 0.5) is 4.79 Å². The summed E-state index contributed by atoms with van der Waals surface area (Å²) in [5.41, 5.74) is 8.10. The van der Waals surface area contributed by atoms with E-state index in [0.29, 0.717) is 12.0 Å². The maximum Gasteiger partial charge on any atom is 0.408 e. The second-order valence-corrected chi connectivity index (χ2v) is 11.0. The Kier molecular flexibility index (Phi) is 12.2. The highest BCUT2D eigenvalue weighted by molar-refractivity contribution is 5.94. The van der Waals surface area contributed by atoms with E-state index >= 15 is 0 Å². The lowest BCUT2D eigenvalue weighted by atomic mass is 9.94. The summed E-state index contributed by atoms with van der Waals surface area (Å²) >= 11 is 0. The van der Waals surface area contributed by atoms with Gasteiger partial charge in [0, 0.05) is 13.1 Å². The fourth-order valence-corrected chi connectivity index (χ4v) is 4.35. The lowest BCUT2D eigenvalue weighted by molar-refractivity contribution is -0.143. The quantitative estimate of drug-likeness (QED) is 0.316. The molecule has 4 amide bonds. The number of rotatable bonds is 13. The number of aryl methyl sites for hydroxylation is 1. The van der Waals surface area contributed by atoms with Gasteiger partial charge in [-0.15, -0.1) is 0 Å². The van der Waals surface area contributed by atoms with Gasteiger partial charge >= 0.3 is 6.09 Å². The second-order valence-electron chi connectivity index (χ2n) is 11.0. The normalized spacial score (nSPS) is 12.7. The van der Waals surface area contributed by atoms with Crippen molar-refractivity contribution in [3.05, 3.63) is 70.8 Å². The van der Waals surface area contributed by atoms with E-state index in [1.54, 1.807) is 20.8 Å². The van der Waals surface area contributed by atoms with Crippen LogP contribution in [0, 0.1) is 13.8 Å². The summed E-state index contributed by atoms with van der Waals surface area (Å²) in [5.74, 6) is -1.71. The maximum atomic E-state index is 14.1. The lowest BCUT2D eigenvalue weighted by Crippen LogP contribution is -2.54. The molecular weight excluding hydrogens is 508 g/mol. The number of hydrogen-bond acceptors (Lipinski definition) is 5. The van der Waals surface area contributed by atoms with Crippen LogP contribution in [0.3, 0.4) is 0 Å². The Labute approximate surface area is 237 Å². The number of nitrogens with two attached hydrogens (primary N) is 1. The van der Waals surface area contributed by atoms with Gasteiger partial charge in [-0.25, -0.2) is 4.79 Å². The third kappa shape index (κ3) is 10.0. The summed E-state index contributed by atoms with van der Waals surface area (Å²) in [6.07, 6.45) is 1.07. The van der Waals surface area contributed by atoms with Crippen LogP contribution < -0.4 is 16.4 Å². The van der Waals surface area contributed by atoms with Crippen molar-refractivity contribution in [1.82, 2.24) is 15.5 Å². The van der Waals surface area contributed by atoms with Crippen LogP contribution >= 0.6 is 0 Å². The molecule has 9 nitrogen and oxygen atoms in total. The number of nitrogens with one attached hydrogen (secondary N) is 2. The molecule has 0 spiro atoms. The summed E-state index contributed by atoms with van der Waals surface area (Å²) in [7, 11) is 0. The molecule has 0 saturated heterocycles. The van der Waals surface area contributed by atoms with Crippen LogP contribution in [0.25, 0.3) is 0 Å². The van der Waals surface area contributed by atoms with E-state index < -0.39 is 42.0 Å². The number of carbonyl (C=O) groups is 4. The summed E-state index contributed by atoms with van der Waals surface area (Å²) in [6.45, 7) is 11.5. The fraction of sp³-hybridized carbons (Fsp3) is 0.484. The van der Waals surface area contributed by atoms with Crippen molar-refractivity contribution in [1.29, 1.82) is 0 Å². The second kappa shape index (κ2) is 15.1. The predicted molar refractivity (Wildman–Crippen MR) is 155 cm³/mol. The smallest absolute Gasteiger partial charge is 0.408 e. The zero-order chi connectivity index (χ0) is 29.9. The first-order valence-corrected chi connectivity index (χ1v) is 13.8.